The molecule has 0 unspecified atom stereocenters. The monoisotopic (exact) mass is 366 g/mol. The first-order valence-corrected chi connectivity index (χ1v) is 9.31. The van der Waals surface area contributed by atoms with E-state index in [4.69, 9.17) is 16.3 Å². The number of anilines is 1. The lowest BCUT2D eigenvalue weighted by molar-refractivity contribution is -0.137. The van der Waals surface area contributed by atoms with Gasteiger partial charge < -0.3 is 15.0 Å². The second kappa shape index (κ2) is 9.09. The van der Waals surface area contributed by atoms with Crippen LogP contribution < -0.4 is 10.1 Å². The Morgan fingerprint density at radius 1 is 1.16 bits per heavy atom. The summed E-state index contributed by atoms with van der Waals surface area (Å²) in [6, 6.07) is 5.20. The molecule has 0 aliphatic heterocycles. The minimum absolute atomic E-state index is 0.00466. The molecule has 5 nitrogen and oxygen atoms in total. The molecule has 1 N–H and O–H groups in total. The molecule has 2 amide bonds. The van der Waals surface area contributed by atoms with Gasteiger partial charge in [0.15, 0.2) is 0 Å². The second-order valence-corrected chi connectivity index (χ2v) is 6.80. The van der Waals surface area contributed by atoms with E-state index in [0.717, 1.165) is 38.8 Å². The molecule has 0 atom stereocenters. The number of ether oxygens (including phenoxy) is 1. The number of methoxy groups -OCH3 is 1. The third-order valence-electron chi connectivity index (χ3n) is 4.94. The van der Waals surface area contributed by atoms with E-state index >= 15 is 0 Å². The molecule has 1 aliphatic rings. The molecule has 2 rings (SSSR count). The van der Waals surface area contributed by atoms with Crippen molar-refractivity contribution in [1.29, 1.82) is 0 Å². The van der Waals surface area contributed by atoms with E-state index in [1.54, 1.807) is 25.3 Å². The third kappa shape index (κ3) is 4.88. The van der Waals surface area contributed by atoms with E-state index in [1.807, 2.05) is 18.7 Å². The zero-order chi connectivity index (χ0) is 18.4. The number of hydrogen-bond donors (Lipinski definition) is 1. The summed E-state index contributed by atoms with van der Waals surface area (Å²) in [5.74, 6) is 0.803. The fourth-order valence-electron chi connectivity index (χ4n) is 3.38. The molecule has 0 spiro atoms. The fraction of sp³-hybridized carbons (Fsp3) is 0.579. The van der Waals surface area contributed by atoms with Crippen LogP contribution in [0.4, 0.5) is 5.69 Å². The van der Waals surface area contributed by atoms with Crippen LogP contribution in [0.2, 0.25) is 5.02 Å². The summed E-state index contributed by atoms with van der Waals surface area (Å²) in [7, 11) is 1.55. The first-order chi connectivity index (χ1) is 12.0. The Hall–Kier alpha value is -1.75. The highest BCUT2D eigenvalue weighted by Crippen LogP contribution is 2.32. The molecule has 1 aromatic carbocycles. The lowest BCUT2D eigenvalue weighted by atomic mass is 9.81. The Balaban J connectivity index is 1.89. The number of carbonyl (C=O) groups is 2. The number of amides is 2. The maximum atomic E-state index is 12.5. The summed E-state index contributed by atoms with van der Waals surface area (Å²) in [6.07, 6.45) is 3.04. The quantitative estimate of drug-likeness (QED) is 0.828. The Morgan fingerprint density at radius 3 is 2.28 bits per heavy atom. The van der Waals surface area contributed by atoms with Gasteiger partial charge in [-0.25, -0.2) is 0 Å². The van der Waals surface area contributed by atoms with Gasteiger partial charge in [0.25, 0.3) is 0 Å². The topological polar surface area (TPSA) is 58.6 Å². The second-order valence-electron chi connectivity index (χ2n) is 6.40. The lowest BCUT2D eigenvalue weighted by Crippen LogP contribution is -2.38. The highest BCUT2D eigenvalue weighted by atomic mass is 35.5. The number of nitrogens with zero attached hydrogens (tertiary/aromatic N) is 1. The molecule has 0 saturated heterocycles. The maximum absolute atomic E-state index is 12.5. The van der Waals surface area contributed by atoms with Crippen LogP contribution in [-0.4, -0.2) is 36.9 Å². The Kier molecular flexibility index (Phi) is 7.12. The van der Waals surface area contributed by atoms with Gasteiger partial charge in [0.05, 0.1) is 12.1 Å². The Morgan fingerprint density at radius 2 is 1.76 bits per heavy atom. The first kappa shape index (κ1) is 19.6. The number of halogens is 1. The van der Waals surface area contributed by atoms with Gasteiger partial charge in [-0.3, -0.25) is 9.59 Å². The van der Waals surface area contributed by atoms with E-state index in [0.29, 0.717) is 16.5 Å². The molecule has 0 radical (unpaired) electrons. The van der Waals surface area contributed by atoms with E-state index in [1.165, 1.54) is 0 Å². The average molecular weight is 367 g/mol. The predicted molar refractivity (Wildman–Crippen MR) is 100 cm³/mol. The van der Waals surface area contributed by atoms with Gasteiger partial charge in [0.1, 0.15) is 5.75 Å². The third-order valence-corrected chi connectivity index (χ3v) is 5.24. The van der Waals surface area contributed by atoms with Crippen LogP contribution in [0.5, 0.6) is 5.75 Å². The first-order valence-electron chi connectivity index (χ1n) is 8.93. The van der Waals surface area contributed by atoms with E-state index < -0.39 is 0 Å². The van der Waals surface area contributed by atoms with Gasteiger partial charge in [-0.1, -0.05) is 11.6 Å². The number of rotatable bonds is 6. The van der Waals surface area contributed by atoms with Crippen molar-refractivity contribution in [3.8, 4) is 5.75 Å². The van der Waals surface area contributed by atoms with Gasteiger partial charge in [0.2, 0.25) is 11.8 Å². The summed E-state index contributed by atoms with van der Waals surface area (Å²) in [6.45, 7) is 5.49. The van der Waals surface area contributed by atoms with Crippen molar-refractivity contribution in [3.63, 3.8) is 0 Å². The number of nitrogens with one attached hydrogen (secondary N) is 1. The SMILES string of the molecule is CCN(CC)C(=O)C1CCC(C(=O)Nc2ccc(OC)c(Cl)c2)CC1. The lowest BCUT2D eigenvalue weighted by Gasteiger charge is -2.30. The standard InChI is InChI=1S/C19H27ClN2O3/c1-4-22(5-2)19(24)14-8-6-13(7-9-14)18(23)21-15-10-11-17(25-3)16(20)12-15/h10-14H,4-9H2,1-3H3,(H,21,23). The van der Waals surface area contributed by atoms with Gasteiger partial charge >= 0.3 is 0 Å². The summed E-state index contributed by atoms with van der Waals surface area (Å²) >= 11 is 6.09. The van der Waals surface area contributed by atoms with Crippen LogP contribution in [0.25, 0.3) is 0 Å². The molecule has 138 valence electrons. The summed E-state index contributed by atoms with van der Waals surface area (Å²) in [5.41, 5.74) is 0.664. The van der Waals surface area contributed by atoms with Crippen molar-refractivity contribution in [3.05, 3.63) is 23.2 Å². The van der Waals surface area contributed by atoms with Crippen LogP contribution in [0.1, 0.15) is 39.5 Å². The predicted octanol–water partition coefficient (Wildman–Crippen LogP) is 3.96. The van der Waals surface area contributed by atoms with Crippen LogP contribution in [0.15, 0.2) is 18.2 Å². The number of hydrogen-bond acceptors (Lipinski definition) is 3. The molecule has 0 heterocycles. The minimum Gasteiger partial charge on any atom is -0.495 e. The zero-order valence-electron chi connectivity index (χ0n) is 15.2. The van der Waals surface area contributed by atoms with Crippen LogP contribution in [-0.2, 0) is 9.59 Å². The van der Waals surface area contributed by atoms with Crippen molar-refractivity contribution >= 4 is 29.1 Å². The highest BCUT2D eigenvalue weighted by Gasteiger charge is 2.31. The van der Waals surface area contributed by atoms with Gasteiger partial charge in [-0.15, -0.1) is 0 Å². The zero-order valence-corrected chi connectivity index (χ0v) is 15.9. The van der Waals surface area contributed by atoms with Crippen LogP contribution in [0, 0.1) is 11.8 Å². The maximum Gasteiger partial charge on any atom is 0.227 e. The van der Waals surface area contributed by atoms with Crippen molar-refractivity contribution in [1.82, 2.24) is 4.90 Å². The smallest absolute Gasteiger partial charge is 0.227 e. The van der Waals surface area contributed by atoms with Crippen molar-refractivity contribution in [2.75, 3.05) is 25.5 Å². The molecule has 6 heteroatoms. The summed E-state index contributed by atoms with van der Waals surface area (Å²) in [4.78, 5) is 26.8. The van der Waals surface area contributed by atoms with Crippen molar-refractivity contribution in [2.24, 2.45) is 11.8 Å². The van der Waals surface area contributed by atoms with Gasteiger partial charge in [0, 0.05) is 30.6 Å². The van der Waals surface area contributed by atoms with Crippen molar-refractivity contribution < 1.29 is 14.3 Å². The van der Waals surface area contributed by atoms with E-state index in [2.05, 4.69) is 5.32 Å². The summed E-state index contributed by atoms with van der Waals surface area (Å²) < 4.78 is 5.11. The van der Waals surface area contributed by atoms with Gasteiger partial charge in [-0.2, -0.15) is 0 Å². The molecule has 0 aromatic heterocycles. The number of benzene rings is 1. The molecule has 1 fully saturated rings. The molecular weight excluding hydrogens is 340 g/mol. The molecular formula is C19H27ClN2O3. The minimum atomic E-state index is -0.0540. The van der Waals surface area contributed by atoms with E-state index in [-0.39, 0.29) is 23.7 Å². The highest BCUT2D eigenvalue weighted by molar-refractivity contribution is 6.32. The Labute approximate surface area is 154 Å². The average Bonchev–Trinajstić information content (AvgIpc) is 2.63. The fourth-order valence-corrected chi connectivity index (χ4v) is 3.64. The Bertz CT molecular complexity index is 609. The molecule has 0 bridgehead atoms. The normalized spacial score (nSPS) is 20.0. The number of carbonyl (C=O) groups excluding carboxylic acids is 2. The molecule has 1 aliphatic carbocycles. The largest absolute Gasteiger partial charge is 0.495 e. The summed E-state index contributed by atoms with van der Waals surface area (Å²) in [5, 5.41) is 3.39. The molecule has 1 saturated carbocycles. The molecule has 25 heavy (non-hydrogen) atoms. The van der Waals surface area contributed by atoms with Crippen molar-refractivity contribution in [2.45, 2.75) is 39.5 Å². The van der Waals surface area contributed by atoms with Crippen LogP contribution >= 0.6 is 11.6 Å². The van der Waals surface area contributed by atoms with Crippen LogP contribution in [0.3, 0.4) is 0 Å². The van der Waals surface area contributed by atoms with E-state index in [9.17, 15) is 9.59 Å². The van der Waals surface area contributed by atoms with Gasteiger partial charge in [-0.05, 0) is 57.7 Å². The molecule has 1 aromatic rings.